The van der Waals surface area contributed by atoms with Gasteiger partial charge in [-0.3, -0.25) is 0 Å². The van der Waals surface area contributed by atoms with Crippen molar-refractivity contribution >= 4 is 0 Å². The summed E-state index contributed by atoms with van der Waals surface area (Å²) >= 11 is 0. The first-order chi connectivity index (χ1) is 10.0. The average molecular weight is 294 g/mol. The van der Waals surface area contributed by atoms with Crippen LogP contribution in [0.1, 0.15) is 22.7 Å². The zero-order valence-corrected chi connectivity index (χ0v) is 11.4. The van der Waals surface area contributed by atoms with E-state index >= 15 is 0 Å². The van der Waals surface area contributed by atoms with Gasteiger partial charge in [0.2, 0.25) is 0 Å². The van der Waals surface area contributed by atoms with E-state index < -0.39 is 11.7 Å². The van der Waals surface area contributed by atoms with Crippen LogP contribution in [0.3, 0.4) is 0 Å². The molecule has 1 atom stereocenters. The maximum atomic E-state index is 12.8. The molecule has 0 aliphatic rings. The molecule has 5 heteroatoms. The Balaban J connectivity index is 2.37. The molecule has 0 heterocycles. The Morgan fingerprint density at radius 3 is 2.24 bits per heavy atom. The van der Waals surface area contributed by atoms with Crippen LogP contribution < -0.4 is 11.1 Å². The SMILES string of the molecule is NCCNC(c1ccccc1)c1cccc(C(F)(F)F)c1. The first-order valence-corrected chi connectivity index (χ1v) is 6.68. The second-order valence-corrected chi connectivity index (χ2v) is 4.71. The highest BCUT2D eigenvalue weighted by Crippen LogP contribution is 2.32. The molecule has 0 saturated carbocycles. The summed E-state index contributed by atoms with van der Waals surface area (Å²) in [6, 6.07) is 14.4. The van der Waals surface area contributed by atoms with Gasteiger partial charge in [-0.25, -0.2) is 0 Å². The van der Waals surface area contributed by atoms with Crippen molar-refractivity contribution in [3.8, 4) is 0 Å². The monoisotopic (exact) mass is 294 g/mol. The first kappa shape index (κ1) is 15.5. The summed E-state index contributed by atoms with van der Waals surface area (Å²) in [5.41, 5.74) is 6.33. The summed E-state index contributed by atoms with van der Waals surface area (Å²) in [6.07, 6.45) is -4.34. The van der Waals surface area contributed by atoms with E-state index in [1.165, 1.54) is 12.1 Å². The predicted octanol–water partition coefficient (Wildman–Crippen LogP) is 3.34. The molecule has 2 nitrogen and oxygen atoms in total. The summed E-state index contributed by atoms with van der Waals surface area (Å²) < 4.78 is 38.5. The van der Waals surface area contributed by atoms with Crippen LogP contribution in [0.25, 0.3) is 0 Å². The van der Waals surface area contributed by atoms with Crippen molar-refractivity contribution in [2.45, 2.75) is 12.2 Å². The summed E-state index contributed by atoms with van der Waals surface area (Å²) in [7, 11) is 0. The van der Waals surface area contributed by atoms with Gasteiger partial charge < -0.3 is 11.1 Å². The van der Waals surface area contributed by atoms with Crippen molar-refractivity contribution in [2.75, 3.05) is 13.1 Å². The van der Waals surface area contributed by atoms with Crippen molar-refractivity contribution in [1.82, 2.24) is 5.32 Å². The minimum Gasteiger partial charge on any atom is -0.329 e. The molecule has 0 spiro atoms. The summed E-state index contributed by atoms with van der Waals surface area (Å²) in [6.45, 7) is 0.943. The lowest BCUT2D eigenvalue weighted by Crippen LogP contribution is -2.28. The molecule has 0 aromatic heterocycles. The summed E-state index contributed by atoms with van der Waals surface area (Å²) in [4.78, 5) is 0. The second-order valence-electron chi connectivity index (χ2n) is 4.71. The van der Waals surface area contributed by atoms with E-state index in [1.807, 2.05) is 30.3 Å². The maximum absolute atomic E-state index is 12.8. The zero-order valence-electron chi connectivity index (χ0n) is 11.4. The molecular weight excluding hydrogens is 277 g/mol. The fourth-order valence-electron chi connectivity index (χ4n) is 2.20. The van der Waals surface area contributed by atoms with Gasteiger partial charge in [0.15, 0.2) is 0 Å². The van der Waals surface area contributed by atoms with E-state index in [1.54, 1.807) is 6.07 Å². The molecule has 0 aliphatic heterocycles. The number of benzene rings is 2. The fraction of sp³-hybridized carbons (Fsp3) is 0.250. The van der Waals surface area contributed by atoms with Crippen molar-refractivity contribution < 1.29 is 13.2 Å². The fourth-order valence-corrected chi connectivity index (χ4v) is 2.20. The Hall–Kier alpha value is -1.85. The number of hydrogen-bond donors (Lipinski definition) is 2. The molecule has 2 aromatic rings. The van der Waals surface area contributed by atoms with Gasteiger partial charge in [-0.2, -0.15) is 13.2 Å². The first-order valence-electron chi connectivity index (χ1n) is 6.68. The molecule has 2 aromatic carbocycles. The van der Waals surface area contributed by atoms with Crippen molar-refractivity contribution in [1.29, 1.82) is 0 Å². The van der Waals surface area contributed by atoms with Crippen LogP contribution in [-0.4, -0.2) is 13.1 Å². The van der Waals surface area contributed by atoms with Crippen LogP contribution >= 0.6 is 0 Å². The Labute approximate surface area is 121 Å². The molecule has 0 aliphatic carbocycles. The molecule has 21 heavy (non-hydrogen) atoms. The topological polar surface area (TPSA) is 38.0 Å². The van der Waals surface area contributed by atoms with Crippen LogP contribution in [0.5, 0.6) is 0 Å². The number of nitrogens with one attached hydrogen (secondary N) is 1. The normalized spacial score (nSPS) is 13.1. The van der Waals surface area contributed by atoms with Crippen molar-refractivity contribution in [2.24, 2.45) is 5.73 Å². The van der Waals surface area contributed by atoms with E-state index in [4.69, 9.17) is 5.73 Å². The van der Waals surface area contributed by atoms with Gasteiger partial charge in [0, 0.05) is 13.1 Å². The molecule has 3 N–H and O–H groups in total. The minimum absolute atomic E-state index is 0.308. The van der Waals surface area contributed by atoms with Gasteiger partial charge in [0.1, 0.15) is 0 Å². The largest absolute Gasteiger partial charge is 0.416 e. The zero-order chi connectivity index (χ0) is 15.3. The third-order valence-electron chi connectivity index (χ3n) is 3.17. The number of alkyl halides is 3. The minimum atomic E-state index is -4.34. The smallest absolute Gasteiger partial charge is 0.329 e. The van der Waals surface area contributed by atoms with Gasteiger partial charge in [-0.05, 0) is 23.3 Å². The Morgan fingerprint density at radius 1 is 0.952 bits per heavy atom. The Bertz CT molecular complexity index is 567. The molecule has 0 fully saturated rings. The molecule has 0 bridgehead atoms. The highest BCUT2D eigenvalue weighted by atomic mass is 19.4. The van der Waals surface area contributed by atoms with Gasteiger partial charge in [0.25, 0.3) is 0 Å². The van der Waals surface area contributed by atoms with E-state index in [0.29, 0.717) is 18.7 Å². The second kappa shape index (κ2) is 6.74. The lowest BCUT2D eigenvalue weighted by atomic mass is 9.97. The van der Waals surface area contributed by atoms with Gasteiger partial charge in [-0.1, -0.05) is 42.5 Å². The molecule has 0 amide bonds. The summed E-state index contributed by atoms with van der Waals surface area (Å²) in [5, 5.41) is 3.19. The van der Waals surface area contributed by atoms with Gasteiger partial charge in [-0.15, -0.1) is 0 Å². The number of rotatable bonds is 5. The summed E-state index contributed by atoms with van der Waals surface area (Å²) in [5.74, 6) is 0. The third kappa shape index (κ3) is 4.06. The third-order valence-corrected chi connectivity index (χ3v) is 3.17. The lowest BCUT2D eigenvalue weighted by Gasteiger charge is -2.20. The quantitative estimate of drug-likeness (QED) is 0.887. The number of nitrogens with two attached hydrogens (primary N) is 1. The maximum Gasteiger partial charge on any atom is 0.416 e. The van der Waals surface area contributed by atoms with Gasteiger partial charge >= 0.3 is 6.18 Å². The Morgan fingerprint density at radius 2 is 1.62 bits per heavy atom. The predicted molar refractivity (Wildman–Crippen MR) is 76.8 cm³/mol. The van der Waals surface area contributed by atoms with Crippen molar-refractivity contribution in [3.05, 3.63) is 71.3 Å². The van der Waals surface area contributed by atoms with Crippen LogP contribution in [0.4, 0.5) is 13.2 Å². The molecule has 1 unspecified atom stereocenters. The van der Waals surface area contributed by atoms with Crippen LogP contribution in [-0.2, 0) is 6.18 Å². The van der Waals surface area contributed by atoms with Crippen molar-refractivity contribution in [3.63, 3.8) is 0 Å². The highest BCUT2D eigenvalue weighted by Gasteiger charge is 2.31. The molecule has 2 rings (SSSR count). The molecule has 0 radical (unpaired) electrons. The average Bonchev–Trinajstić information content (AvgIpc) is 2.48. The highest BCUT2D eigenvalue weighted by molar-refractivity contribution is 5.35. The van der Waals surface area contributed by atoms with Gasteiger partial charge in [0.05, 0.1) is 11.6 Å². The van der Waals surface area contributed by atoms with E-state index in [0.717, 1.165) is 11.6 Å². The van der Waals surface area contributed by atoms with Crippen LogP contribution in [0, 0.1) is 0 Å². The van der Waals surface area contributed by atoms with E-state index in [-0.39, 0.29) is 6.04 Å². The standard InChI is InChI=1S/C16H17F3N2/c17-16(18,19)14-8-4-7-13(11-14)15(21-10-9-20)12-5-2-1-3-6-12/h1-8,11,15,21H,9-10,20H2. The molecule has 0 saturated heterocycles. The van der Waals surface area contributed by atoms with E-state index in [2.05, 4.69) is 5.32 Å². The number of hydrogen-bond acceptors (Lipinski definition) is 2. The Kier molecular flexibility index (Phi) is 4.98. The van der Waals surface area contributed by atoms with Crippen LogP contribution in [0.15, 0.2) is 54.6 Å². The molecular formula is C16H17F3N2. The number of halogens is 3. The van der Waals surface area contributed by atoms with Crippen LogP contribution in [0.2, 0.25) is 0 Å². The molecule has 112 valence electrons. The van der Waals surface area contributed by atoms with E-state index in [9.17, 15) is 13.2 Å². The lowest BCUT2D eigenvalue weighted by molar-refractivity contribution is -0.137.